The van der Waals surface area contributed by atoms with Crippen molar-refractivity contribution >= 4 is 22.4 Å². The minimum Gasteiger partial charge on any atom is -0.497 e. The third kappa shape index (κ3) is 5.31. The van der Waals surface area contributed by atoms with Gasteiger partial charge in [0.25, 0.3) is 11.1 Å². The van der Waals surface area contributed by atoms with Gasteiger partial charge >= 0.3 is 0 Å². The number of para-hydroxylation sites is 1. The molecule has 0 N–H and O–H groups in total. The molecule has 6 rings (SSSR count). The second-order valence-corrected chi connectivity index (χ2v) is 10.6. The van der Waals surface area contributed by atoms with Crippen LogP contribution in [0.2, 0.25) is 0 Å². The van der Waals surface area contributed by atoms with Crippen LogP contribution in [0, 0.1) is 6.92 Å². The van der Waals surface area contributed by atoms with E-state index in [1.54, 1.807) is 17.9 Å². The summed E-state index contributed by atoms with van der Waals surface area (Å²) >= 11 is 1.12. The third-order valence-electron chi connectivity index (χ3n) is 6.79. The molecule has 3 aromatic carbocycles. The van der Waals surface area contributed by atoms with Crippen molar-refractivity contribution in [3.63, 3.8) is 0 Å². The first-order valence-electron chi connectivity index (χ1n) is 13.4. The van der Waals surface area contributed by atoms with Crippen molar-refractivity contribution < 1.29 is 9.47 Å². The molecular weight excluding hydrogens is 550 g/mol. The maximum Gasteiger partial charge on any atom is 0.296 e. The monoisotopic (exact) mass is 577 g/mol. The molecule has 0 radical (unpaired) electrons. The number of methoxy groups -OCH3 is 1. The van der Waals surface area contributed by atoms with Gasteiger partial charge < -0.3 is 9.47 Å². The highest BCUT2D eigenvalue weighted by molar-refractivity contribution is 7.15. The Hall–Kier alpha value is -5.09. The topological polar surface area (TPSA) is 101 Å². The summed E-state index contributed by atoms with van der Waals surface area (Å²) in [5.74, 6) is 1.50. The van der Waals surface area contributed by atoms with Crippen LogP contribution in [-0.4, -0.2) is 38.1 Å². The maximum atomic E-state index is 13.5. The predicted molar refractivity (Wildman–Crippen MR) is 163 cm³/mol. The maximum absolute atomic E-state index is 13.5. The average molecular weight is 578 g/mol. The molecule has 0 bridgehead atoms. The lowest BCUT2D eigenvalue weighted by Crippen LogP contribution is -2.28. The summed E-state index contributed by atoms with van der Waals surface area (Å²) in [5, 5.41) is 9.31. The Morgan fingerprint density at radius 2 is 1.71 bits per heavy atom. The molecule has 210 valence electrons. The first-order chi connectivity index (χ1) is 20.4. The van der Waals surface area contributed by atoms with Gasteiger partial charge in [0.05, 0.1) is 23.9 Å². The number of ether oxygens (including phenoxy) is 2. The van der Waals surface area contributed by atoms with E-state index in [9.17, 15) is 9.59 Å². The Morgan fingerprint density at radius 3 is 2.43 bits per heavy atom. The number of nitrogens with zero attached hydrogens (tertiary/aromatic N) is 5. The smallest absolute Gasteiger partial charge is 0.296 e. The van der Waals surface area contributed by atoms with Gasteiger partial charge in [0.1, 0.15) is 22.9 Å². The molecule has 0 saturated heterocycles. The van der Waals surface area contributed by atoms with Crippen molar-refractivity contribution in [1.82, 2.24) is 24.4 Å². The highest BCUT2D eigenvalue weighted by Crippen LogP contribution is 2.30. The summed E-state index contributed by atoms with van der Waals surface area (Å²) in [6.45, 7) is 4.53. The van der Waals surface area contributed by atoms with Crippen LogP contribution in [0.25, 0.3) is 28.0 Å². The molecule has 3 heterocycles. The second kappa shape index (κ2) is 11.4. The van der Waals surface area contributed by atoms with Crippen LogP contribution < -0.4 is 25.1 Å². The fraction of sp³-hybridized carbons (Fsp3) is 0.156. The zero-order valence-electron chi connectivity index (χ0n) is 23.3. The minimum absolute atomic E-state index is 0.196. The molecule has 0 spiro atoms. The molecule has 9 nitrogen and oxygen atoms in total. The van der Waals surface area contributed by atoms with Crippen molar-refractivity contribution in [1.29, 1.82) is 0 Å². The molecule has 42 heavy (non-hydrogen) atoms. The van der Waals surface area contributed by atoms with Gasteiger partial charge in [0.15, 0.2) is 0 Å². The van der Waals surface area contributed by atoms with Crippen molar-refractivity contribution in [2.75, 3.05) is 13.7 Å². The van der Waals surface area contributed by atoms with E-state index in [4.69, 9.17) is 14.6 Å². The van der Waals surface area contributed by atoms with Gasteiger partial charge in [-0.15, -0.1) is 0 Å². The lowest BCUT2D eigenvalue weighted by atomic mass is 10.0. The van der Waals surface area contributed by atoms with E-state index < -0.39 is 5.56 Å². The Kier molecular flexibility index (Phi) is 7.37. The average Bonchev–Trinajstić information content (AvgIpc) is 3.55. The summed E-state index contributed by atoms with van der Waals surface area (Å²) in [6.07, 6.45) is 3.93. The Labute approximate surface area is 244 Å². The van der Waals surface area contributed by atoms with Crippen molar-refractivity contribution in [2.24, 2.45) is 0 Å². The number of aromatic nitrogens is 5. The van der Waals surface area contributed by atoms with E-state index >= 15 is 0 Å². The van der Waals surface area contributed by atoms with Gasteiger partial charge in [-0.1, -0.05) is 41.7 Å². The Balaban J connectivity index is 1.46. The molecule has 0 aliphatic rings. The van der Waals surface area contributed by atoms with Gasteiger partial charge in [-0.05, 0) is 73.5 Å². The van der Waals surface area contributed by atoms with E-state index in [0.29, 0.717) is 22.6 Å². The lowest BCUT2D eigenvalue weighted by Gasteiger charge is -2.08. The van der Waals surface area contributed by atoms with E-state index in [1.807, 2.05) is 92.8 Å². The van der Waals surface area contributed by atoms with Crippen LogP contribution in [0.1, 0.15) is 29.3 Å². The summed E-state index contributed by atoms with van der Waals surface area (Å²) < 4.78 is 14.3. The molecular formula is C32H27N5O4S. The highest BCUT2D eigenvalue weighted by atomic mass is 32.1. The van der Waals surface area contributed by atoms with Crippen LogP contribution in [0.3, 0.4) is 0 Å². The predicted octanol–water partition coefficient (Wildman–Crippen LogP) is 4.22. The Morgan fingerprint density at radius 1 is 0.952 bits per heavy atom. The van der Waals surface area contributed by atoms with Gasteiger partial charge in [-0.2, -0.15) is 19.7 Å². The van der Waals surface area contributed by atoms with Crippen LogP contribution in [0.5, 0.6) is 11.5 Å². The zero-order valence-corrected chi connectivity index (χ0v) is 24.1. The van der Waals surface area contributed by atoms with Crippen molar-refractivity contribution in [2.45, 2.75) is 20.3 Å². The minimum atomic E-state index is -0.457. The molecule has 0 amide bonds. The molecule has 10 heteroatoms. The van der Waals surface area contributed by atoms with Gasteiger partial charge in [-0.25, -0.2) is 4.68 Å². The zero-order chi connectivity index (χ0) is 29.2. The van der Waals surface area contributed by atoms with E-state index in [1.165, 1.54) is 4.52 Å². The molecule has 0 aliphatic carbocycles. The number of rotatable bonds is 8. The fourth-order valence-corrected chi connectivity index (χ4v) is 5.60. The van der Waals surface area contributed by atoms with Crippen LogP contribution in [0.15, 0.2) is 88.6 Å². The number of hydrogen-bond acceptors (Lipinski definition) is 8. The first-order valence-corrected chi connectivity index (χ1v) is 14.2. The normalized spacial score (nSPS) is 11.7. The molecule has 0 atom stereocenters. The number of aryl methyl sites for hydroxylation is 1. The number of thiazole rings is 1. The largest absolute Gasteiger partial charge is 0.497 e. The van der Waals surface area contributed by atoms with Gasteiger partial charge in [-0.3, -0.25) is 9.59 Å². The molecule has 0 saturated carbocycles. The molecule has 0 aliphatic heterocycles. The van der Waals surface area contributed by atoms with Crippen molar-refractivity contribution in [3.05, 3.63) is 127 Å². The number of fused-ring (bicyclic) bond motifs is 1. The third-order valence-corrected chi connectivity index (χ3v) is 7.75. The second-order valence-electron chi connectivity index (χ2n) is 9.62. The molecule has 3 aromatic heterocycles. The summed E-state index contributed by atoms with van der Waals surface area (Å²) in [6, 6.07) is 23.0. The Bertz CT molecular complexity index is 2070. The summed E-state index contributed by atoms with van der Waals surface area (Å²) in [7, 11) is 1.59. The van der Waals surface area contributed by atoms with E-state index in [-0.39, 0.29) is 22.6 Å². The summed E-state index contributed by atoms with van der Waals surface area (Å²) in [4.78, 5) is 30.8. The fourth-order valence-electron chi connectivity index (χ4n) is 4.70. The molecule has 0 unspecified atom stereocenters. The van der Waals surface area contributed by atoms with Crippen molar-refractivity contribution in [3.8, 4) is 28.4 Å². The van der Waals surface area contributed by atoms with E-state index in [0.717, 1.165) is 45.0 Å². The standard InChI is InChI=1S/C32H27N5O4S/c1-4-41-25-14-15-26(20(2)16-25)29-22(19-36(35-29)23-8-6-5-7-9-23)18-28-31(39)37-32(42-28)33-30(38)27(34-37)17-21-10-12-24(40-3)13-11-21/h5-16,18-19H,4,17H2,1-3H3/b28-18-. The lowest BCUT2D eigenvalue weighted by molar-refractivity contribution is 0.340. The van der Waals surface area contributed by atoms with E-state index in [2.05, 4.69) is 10.1 Å². The highest BCUT2D eigenvalue weighted by Gasteiger charge is 2.16. The number of benzene rings is 3. The SMILES string of the molecule is CCOc1ccc(-c2nn(-c3ccccc3)cc2/C=c2\sc3nc(=O)c(Cc4ccc(OC)cc4)nn3c2=O)c(C)c1. The van der Waals surface area contributed by atoms with Crippen LogP contribution in [-0.2, 0) is 6.42 Å². The quantitative estimate of drug-likeness (QED) is 0.267. The summed E-state index contributed by atoms with van der Waals surface area (Å²) in [5.41, 5.74) is 4.51. The number of hydrogen-bond donors (Lipinski definition) is 0. The molecule has 6 aromatic rings. The van der Waals surface area contributed by atoms with Gasteiger partial charge in [0.2, 0.25) is 4.96 Å². The van der Waals surface area contributed by atoms with Crippen LogP contribution in [0.4, 0.5) is 0 Å². The van der Waals surface area contributed by atoms with Crippen LogP contribution >= 0.6 is 11.3 Å². The first kappa shape index (κ1) is 27.1. The van der Waals surface area contributed by atoms with Gasteiger partial charge in [0, 0.05) is 23.7 Å². The molecule has 0 fully saturated rings.